The van der Waals surface area contributed by atoms with Gasteiger partial charge in [0.25, 0.3) is 0 Å². The Balaban J connectivity index is 1.41. The van der Waals surface area contributed by atoms with Crippen LogP contribution in [0.3, 0.4) is 0 Å². The number of likely N-dealkylation sites (tertiary alicyclic amines) is 1. The van der Waals surface area contributed by atoms with Crippen LogP contribution >= 0.6 is 0 Å². The summed E-state index contributed by atoms with van der Waals surface area (Å²) in [6, 6.07) is 10.5. The third-order valence-corrected chi connectivity index (χ3v) is 5.09. The Morgan fingerprint density at radius 3 is 2.52 bits per heavy atom. The molecule has 0 spiro atoms. The summed E-state index contributed by atoms with van der Waals surface area (Å²) in [6.07, 6.45) is 4.00. The number of aliphatic hydroxyl groups excluding tert-OH is 1. The minimum atomic E-state index is -0.238. The number of benzene rings is 1. The third-order valence-electron chi connectivity index (χ3n) is 5.09. The van der Waals surface area contributed by atoms with E-state index in [4.69, 9.17) is 0 Å². The Morgan fingerprint density at radius 2 is 1.86 bits per heavy atom. The van der Waals surface area contributed by atoms with Crippen molar-refractivity contribution < 1.29 is 5.11 Å². The second kappa shape index (κ2) is 6.91. The van der Waals surface area contributed by atoms with E-state index >= 15 is 0 Å². The lowest BCUT2D eigenvalue weighted by molar-refractivity contribution is 0.0856. The van der Waals surface area contributed by atoms with E-state index in [2.05, 4.69) is 41.1 Å². The number of rotatable bonds is 6. The number of hydrogen-bond acceptors (Lipinski definition) is 3. The first-order valence-corrected chi connectivity index (χ1v) is 8.33. The Labute approximate surface area is 128 Å². The third kappa shape index (κ3) is 4.06. The number of hydrogen-bond donors (Lipinski definition) is 1. The first kappa shape index (κ1) is 15.0. The zero-order valence-corrected chi connectivity index (χ0v) is 13.1. The molecular formula is C18H28N2O. The molecule has 3 unspecified atom stereocenters. The molecule has 1 aliphatic heterocycles. The predicted octanol–water partition coefficient (Wildman–Crippen LogP) is 2.21. The van der Waals surface area contributed by atoms with Gasteiger partial charge >= 0.3 is 0 Å². The lowest BCUT2D eigenvalue weighted by atomic mass is 10.0. The van der Waals surface area contributed by atoms with Crippen LogP contribution in [0.1, 0.15) is 24.8 Å². The highest BCUT2D eigenvalue weighted by Crippen LogP contribution is 2.37. The van der Waals surface area contributed by atoms with Gasteiger partial charge in [-0.25, -0.2) is 0 Å². The topological polar surface area (TPSA) is 26.7 Å². The van der Waals surface area contributed by atoms with E-state index in [9.17, 15) is 5.11 Å². The minimum absolute atomic E-state index is 0.238. The van der Waals surface area contributed by atoms with E-state index in [0.29, 0.717) is 0 Å². The lowest BCUT2D eigenvalue weighted by Crippen LogP contribution is -2.38. The first-order valence-electron chi connectivity index (χ1n) is 8.33. The molecule has 1 aromatic rings. The van der Waals surface area contributed by atoms with Crippen LogP contribution in [-0.2, 0) is 6.54 Å². The van der Waals surface area contributed by atoms with Crippen LogP contribution < -0.4 is 0 Å². The second-order valence-electron chi connectivity index (χ2n) is 7.01. The molecule has 2 aliphatic rings. The van der Waals surface area contributed by atoms with Gasteiger partial charge in [0.05, 0.1) is 6.10 Å². The fourth-order valence-corrected chi connectivity index (χ4v) is 4.16. The number of likely N-dealkylation sites (N-methyl/N-ethyl adjacent to an activating group) is 1. The average Bonchev–Trinajstić information content (AvgIpc) is 3.00. The fraction of sp³-hybridized carbons (Fsp3) is 0.667. The Hall–Kier alpha value is -0.900. The Morgan fingerprint density at radius 1 is 1.19 bits per heavy atom. The molecule has 3 atom stereocenters. The second-order valence-corrected chi connectivity index (χ2v) is 7.01. The highest BCUT2D eigenvalue weighted by Gasteiger charge is 2.36. The molecule has 0 bridgehead atoms. The van der Waals surface area contributed by atoms with E-state index in [0.717, 1.165) is 31.5 Å². The van der Waals surface area contributed by atoms with Gasteiger partial charge in [-0.1, -0.05) is 36.8 Å². The summed E-state index contributed by atoms with van der Waals surface area (Å²) < 4.78 is 0. The fourth-order valence-electron chi connectivity index (χ4n) is 4.16. The van der Waals surface area contributed by atoms with E-state index in [1.807, 2.05) is 6.07 Å². The van der Waals surface area contributed by atoms with Gasteiger partial charge in [-0.2, -0.15) is 0 Å². The molecule has 0 radical (unpaired) electrons. The van der Waals surface area contributed by atoms with Gasteiger partial charge in [-0.05, 0) is 37.3 Å². The summed E-state index contributed by atoms with van der Waals surface area (Å²) in [6.45, 7) is 4.92. The van der Waals surface area contributed by atoms with Gasteiger partial charge in [-0.15, -0.1) is 0 Å². The van der Waals surface area contributed by atoms with Crippen LogP contribution in [0.4, 0.5) is 0 Å². The standard InChI is InChI=1S/C18H28N2O/c1-19(10-15-6-3-2-4-7-15)13-18(21)14-20-11-16-8-5-9-17(16)12-20/h2-4,6-7,16-18,21H,5,8-14H2,1H3. The van der Waals surface area contributed by atoms with Gasteiger partial charge < -0.3 is 10.0 Å². The SMILES string of the molecule is CN(Cc1ccccc1)CC(O)CN1CC2CCCC2C1. The molecule has 3 rings (SSSR count). The summed E-state index contributed by atoms with van der Waals surface area (Å²) in [5, 5.41) is 10.3. The van der Waals surface area contributed by atoms with Crippen molar-refractivity contribution in [3.05, 3.63) is 35.9 Å². The molecule has 21 heavy (non-hydrogen) atoms. The molecule has 1 saturated carbocycles. The van der Waals surface area contributed by atoms with Crippen molar-refractivity contribution in [3.8, 4) is 0 Å². The van der Waals surface area contributed by atoms with Crippen LogP contribution in [0.15, 0.2) is 30.3 Å². The van der Waals surface area contributed by atoms with Gasteiger partial charge in [0.2, 0.25) is 0 Å². The average molecular weight is 288 g/mol. The minimum Gasteiger partial charge on any atom is -0.390 e. The van der Waals surface area contributed by atoms with Gasteiger partial charge in [-0.3, -0.25) is 4.90 Å². The Bertz CT molecular complexity index is 424. The Kier molecular flexibility index (Phi) is 4.94. The van der Waals surface area contributed by atoms with Crippen molar-refractivity contribution in [2.45, 2.75) is 31.9 Å². The maximum Gasteiger partial charge on any atom is 0.0793 e. The molecule has 1 saturated heterocycles. The zero-order chi connectivity index (χ0) is 14.7. The van der Waals surface area contributed by atoms with E-state index in [-0.39, 0.29) is 6.10 Å². The largest absolute Gasteiger partial charge is 0.390 e. The molecule has 1 aliphatic carbocycles. The molecule has 3 nitrogen and oxygen atoms in total. The van der Waals surface area contributed by atoms with Crippen molar-refractivity contribution in [1.29, 1.82) is 0 Å². The quantitative estimate of drug-likeness (QED) is 0.869. The monoisotopic (exact) mass is 288 g/mol. The normalized spacial score (nSPS) is 27.2. The van der Waals surface area contributed by atoms with Crippen LogP contribution in [0, 0.1) is 11.8 Å². The van der Waals surface area contributed by atoms with Crippen molar-refractivity contribution in [2.75, 3.05) is 33.2 Å². The highest BCUT2D eigenvalue weighted by molar-refractivity contribution is 5.14. The highest BCUT2D eigenvalue weighted by atomic mass is 16.3. The van der Waals surface area contributed by atoms with E-state index in [1.165, 1.54) is 37.9 Å². The molecule has 1 heterocycles. The van der Waals surface area contributed by atoms with Crippen LogP contribution in [0.2, 0.25) is 0 Å². The van der Waals surface area contributed by atoms with E-state index in [1.54, 1.807) is 0 Å². The first-order chi connectivity index (χ1) is 10.2. The smallest absolute Gasteiger partial charge is 0.0793 e. The van der Waals surface area contributed by atoms with Gasteiger partial charge in [0, 0.05) is 32.7 Å². The summed E-state index contributed by atoms with van der Waals surface area (Å²) in [5.74, 6) is 1.83. The van der Waals surface area contributed by atoms with Crippen molar-refractivity contribution in [3.63, 3.8) is 0 Å². The van der Waals surface area contributed by atoms with Gasteiger partial charge in [0.1, 0.15) is 0 Å². The number of aliphatic hydroxyl groups is 1. The van der Waals surface area contributed by atoms with Crippen LogP contribution in [-0.4, -0.2) is 54.2 Å². The van der Waals surface area contributed by atoms with Crippen LogP contribution in [0.5, 0.6) is 0 Å². The molecule has 3 heteroatoms. The molecular weight excluding hydrogens is 260 g/mol. The predicted molar refractivity (Wildman–Crippen MR) is 86.1 cm³/mol. The summed E-state index contributed by atoms with van der Waals surface area (Å²) >= 11 is 0. The lowest BCUT2D eigenvalue weighted by Gasteiger charge is -2.25. The maximum atomic E-state index is 10.3. The molecule has 1 N–H and O–H groups in total. The van der Waals surface area contributed by atoms with Crippen molar-refractivity contribution >= 4 is 0 Å². The molecule has 1 aromatic carbocycles. The summed E-state index contributed by atoms with van der Waals surface area (Å²) in [7, 11) is 2.09. The molecule has 0 aromatic heterocycles. The number of nitrogens with zero attached hydrogens (tertiary/aromatic N) is 2. The number of β-amino-alcohol motifs (C(OH)–C–C–N with tert-alkyl or cyclic N) is 1. The van der Waals surface area contributed by atoms with Crippen LogP contribution in [0.25, 0.3) is 0 Å². The number of fused-ring (bicyclic) bond motifs is 1. The van der Waals surface area contributed by atoms with Crippen molar-refractivity contribution in [1.82, 2.24) is 9.80 Å². The zero-order valence-electron chi connectivity index (χ0n) is 13.1. The van der Waals surface area contributed by atoms with Crippen molar-refractivity contribution in [2.24, 2.45) is 11.8 Å². The van der Waals surface area contributed by atoms with Gasteiger partial charge in [0.15, 0.2) is 0 Å². The maximum absolute atomic E-state index is 10.3. The molecule has 0 amide bonds. The summed E-state index contributed by atoms with van der Waals surface area (Å²) in [4.78, 5) is 4.70. The molecule has 116 valence electrons. The summed E-state index contributed by atoms with van der Waals surface area (Å²) in [5.41, 5.74) is 1.31. The van der Waals surface area contributed by atoms with E-state index < -0.39 is 0 Å². The molecule has 2 fully saturated rings.